The molecule has 22 heavy (non-hydrogen) atoms. The minimum Gasteiger partial charge on any atom is -0.469 e. The van der Waals surface area contributed by atoms with Crippen molar-refractivity contribution in [2.24, 2.45) is 0 Å². The van der Waals surface area contributed by atoms with E-state index < -0.39 is 5.43 Å². The SMILES string of the molecule is CCCCCCCNC(=O)OCc1ccccc1.O=C(O)Cl. The quantitative estimate of drug-likeness (QED) is 0.531. The van der Waals surface area contributed by atoms with Crippen LogP contribution >= 0.6 is 11.6 Å². The number of amides is 1. The number of carboxylic acid groups (broad SMARTS) is 1. The first-order valence-corrected chi connectivity index (χ1v) is 7.77. The number of rotatable bonds is 8. The van der Waals surface area contributed by atoms with Crippen LogP contribution in [0.2, 0.25) is 0 Å². The summed E-state index contributed by atoms with van der Waals surface area (Å²) in [5.74, 6) is 0. The lowest BCUT2D eigenvalue weighted by atomic mass is 10.1. The predicted molar refractivity (Wildman–Crippen MR) is 87.3 cm³/mol. The van der Waals surface area contributed by atoms with Gasteiger partial charge in [-0.05, 0) is 12.0 Å². The van der Waals surface area contributed by atoms with Crippen molar-refractivity contribution in [2.75, 3.05) is 6.54 Å². The molecule has 0 radical (unpaired) electrons. The minimum absolute atomic E-state index is 0.325. The number of halogens is 1. The van der Waals surface area contributed by atoms with Crippen molar-refractivity contribution in [1.29, 1.82) is 0 Å². The standard InChI is InChI=1S/C15H23NO2.CHClO2/c1-2-3-4-5-9-12-16-15(17)18-13-14-10-7-6-8-11-14;2-1(3)4/h6-8,10-11H,2-5,9,12-13H2,1H3,(H,16,17);(H,3,4). The van der Waals surface area contributed by atoms with E-state index in [1.165, 1.54) is 25.7 Å². The van der Waals surface area contributed by atoms with Gasteiger partial charge in [-0.3, -0.25) is 0 Å². The first-order chi connectivity index (χ1) is 10.6. The molecule has 0 fully saturated rings. The molecular weight excluding hydrogens is 306 g/mol. The lowest BCUT2D eigenvalue weighted by molar-refractivity contribution is 0.139. The second-order valence-corrected chi connectivity index (χ2v) is 4.98. The number of hydrogen-bond acceptors (Lipinski definition) is 3. The van der Waals surface area contributed by atoms with Gasteiger partial charge in [0.25, 0.3) is 0 Å². The third kappa shape index (κ3) is 14.7. The zero-order chi connectivity index (χ0) is 16.6. The summed E-state index contributed by atoms with van der Waals surface area (Å²) < 4.78 is 5.11. The number of ether oxygens (including phenoxy) is 1. The third-order valence-corrected chi connectivity index (χ3v) is 2.76. The van der Waals surface area contributed by atoms with E-state index in [1.54, 1.807) is 0 Å². The predicted octanol–water partition coefficient (Wildman–Crippen LogP) is 4.79. The molecule has 0 unspecified atom stereocenters. The summed E-state index contributed by atoms with van der Waals surface area (Å²) in [5.41, 5.74) is -0.351. The molecule has 1 amide bonds. The molecule has 0 aliphatic carbocycles. The highest BCUT2D eigenvalue weighted by Crippen LogP contribution is 2.02. The topological polar surface area (TPSA) is 75.6 Å². The molecule has 0 saturated carbocycles. The molecule has 0 aliphatic heterocycles. The number of alkyl carbamates (subject to hydrolysis) is 1. The Morgan fingerprint density at radius 1 is 1.14 bits per heavy atom. The van der Waals surface area contributed by atoms with Gasteiger partial charge >= 0.3 is 11.5 Å². The van der Waals surface area contributed by atoms with Crippen LogP contribution in [0.4, 0.5) is 9.59 Å². The van der Waals surface area contributed by atoms with Gasteiger partial charge in [-0.25, -0.2) is 9.59 Å². The van der Waals surface area contributed by atoms with Crippen LogP contribution in [0.15, 0.2) is 30.3 Å². The van der Waals surface area contributed by atoms with Gasteiger partial charge in [-0.2, -0.15) is 0 Å². The molecule has 1 rings (SSSR count). The van der Waals surface area contributed by atoms with Crippen molar-refractivity contribution < 1.29 is 19.4 Å². The molecule has 124 valence electrons. The fraction of sp³-hybridized carbons (Fsp3) is 0.500. The van der Waals surface area contributed by atoms with Crippen LogP contribution in [0.1, 0.15) is 44.6 Å². The van der Waals surface area contributed by atoms with Gasteiger partial charge in [0.15, 0.2) is 0 Å². The average Bonchev–Trinajstić information content (AvgIpc) is 2.49. The molecule has 0 aromatic heterocycles. The number of unbranched alkanes of at least 4 members (excludes halogenated alkanes) is 4. The number of benzene rings is 1. The van der Waals surface area contributed by atoms with E-state index in [2.05, 4.69) is 23.8 Å². The van der Waals surface area contributed by atoms with Gasteiger partial charge in [0.1, 0.15) is 6.61 Å². The zero-order valence-electron chi connectivity index (χ0n) is 12.9. The highest BCUT2D eigenvalue weighted by atomic mass is 35.5. The Morgan fingerprint density at radius 3 is 2.32 bits per heavy atom. The Bertz CT molecular complexity index is 408. The molecule has 0 saturated heterocycles. The summed E-state index contributed by atoms with van der Waals surface area (Å²) in [6.45, 7) is 3.24. The Hall–Kier alpha value is -1.75. The van der Waals surface area contributed by atoms with Crippen LogP contribution < -0.4 is 5.32 Å². The molecule has 1 aromatic carbocycles. The molecule has 2 N–H and O–H groups in total. The second-order valence-electron chi connectivity index (χ2n) is 4.66. The van der Waals surface area contributed by atoms with Crippen molar-refractivity contribution in [2.45, 2.75) is 45.6 Å². The van der Waals surface area contributed by atoms with Crippen molar-refractivity contribution in [3.05, 3.63) is 35.9 Å². The largest absolute Gasteiger partial charge is 0.469 e. The zero-order valence-corrected chi connectivity index (χ0v) is 13.6. The van der Waals surface area contributed by atoms with Crippen LogP contribution in [0.3, 0.4) is 0 Å². The van der Waals surface area contributed by atoms with E-state index in [4.69, 9.17) is 14.6 Å². The van der Waals surface area contributed by atoms with Crippen LogP contribution in [0, 0.1) is 0 Å². The highest BCUT2D eigenvalue weighted by Gasteiger charge is 2.01. The number of hydrogen-bond donors (Lipinski definition) is 2. The van der Waals surface area contributed by atoms with Crippen LogP contribution in [-0.2, 0) is 11.3 Å². The van der Waals surface area contributed by atoms with E-state index in [0.29, 0.717) is 13.2 Å². The lowest BCUT2D eigenvalue weighted by Gasteiger charge is -2.06. The summed E-state index contributed by atoms with van der Waals surface area (Å²) in [7, 11) is 0. The van der Waals surface area contributed by atoms with Crippen LogP contribution in [0.25, 0.3) is 0 Å². The third-order valence-electron chi connectivity index (χ3n) is 2.76. The number of nitrogens with one attached hydrogen (secondary N) is 1. The summed E-state index contributed by atoms with van der Waals surface area (Å²) in [5, 5.41) is 9.95. The Kier molecular flexibility index (Phi) is 13.1. The van der Waals surface area contributed by atoms with Crippen molar-refractivity contribution >= 4 is 23.1 Å². The Labute approximate surface area is 136 Å². The molecule has 0 heterocycles. The number of carbonyl (C=O) groups is 2. The lowest BCUT2D eigenvalue weighted by Crippen LogP contribution is -2.25. The maximum atomic E-state index is 11.4. The Morgan fingerprint density at radius 2 is 1.73 bits per heavy atom. The maximum Gasteiger partial charge on any atom is 0.407 e. The molecular formula is C16H24ClNO4. The molecule has 6 heteroatoms. The monoisotopic (exact) mass is 329 g/mol. The van der Waals surface area contributed by atoms with E-state index in [9.17, 15) is 4.79 Å². The summed E-state index contributed by atoms with van der Waals surface area (Å²) in [6.07, 6.45) is 5.64. The van der Waals surface area contributed by atoms with Gasteiger partial charge in [0.05, 0.1) is 0 Å². The van der Waals surface area contributed by atoms with Gasteiger partial charge in [0, 0.05) is 18.1 Å². The summed E-state index contributed by atoms with van der Waals surface area (Å²) in [6, 6.07) is 9.70. The van der Waals surface area contributed by atoms with E-state index in [1.807, 2.05) is 30.3 Å². The maximum absolute atomic E-state index is 11.4. The fourth-order valence-electron chi connectivity index (χ4n) is 1.69. The van der Waals surface area contributed by atoms with Gasteiger partial charge in [-0.1, -0.05) is 62.9 Å². The minimum atomic E-state index is -1.36. The molecule has 0 spiro atoms. The first kappa shape index (κ1) is 20.2. The van der Waals surface area contributed by atoms with Crippen molar-refractivity contribution in [3.63, 3.8) is 0 Å². The van der Waals surface area contributed by atoms with E-state index >= 15 is 0 Å². The van der Waals surface area contributed by atoms with Gasteiger partial charge < -0.3 is 15.2 Å². The average molecular weight is 330 g/mol. The van der Waals surface area contributed by atoms with Crippen LogP contribution in [0.5, 0.6) is 0 Å². The molecule has 0 atom stereocenters. The normalized spacial score (nSPS) is 9.36. The fourth-order valence-corrected chi connectivity index (χ4v) is 1.69. The van der Waals surface area contributed by atoms with Gasteiger partial charge in [-0.15, -0.1) is 0 Å². The molecule has 5 nitrogen and oxygen atoms in total. The van der Waals surface area contributed by atoms with Crippen molar-refractivity contribution in [3.8, 4) is 0 Å². The van der Waals surface area contributed by atoms with E-state index in [0.717, 1.165) is 12.0 Å². The smallest absolute Gasteiger partial charge is 0.407 e. The summed E-state index contributed by atoms with van der Waals surface area (Å²) in [4.78, 5) is 20.1. The Balaban J connectivity index is 0.000000980. The molecule has 0 aliphatic rings. The second kappa shape index (κ2) is 14.2. The molecule has 1 aromatic rings. The molecule has 0 bridgehead atoms. The van der Waals surface area contributed by atoms with Gasteiger partial charge in [0.2, 0.25) is 0 Å². The summed E-state index contributed by atoms with van der Waals surface area (Å²) >= 11 is 4.19. The highest BCUT2D eigenvalue weighted by molar-refractivity contribution is 6.60. The van der Waals surface area contributed by atoms with Crippen LogP contribution in [-0.4, -0.2) is 23.2 Å². The van der Waals surface area contributed by atoms with Crippen molar-refractivity contribution in [1.82, 2.24) is 5.32 Å². The number of carbonyl (C=O) groups excluding carboxylic acids is 1. The van der Waals surface area contributed by atoms with E-state index in [-0.39, 0.29) is 6.09 Å². The first-order valence-electron chi connectivity index (χ1n) is 7.39.